The van der Waals surface area contributed by atoms with Crippen LogP contribution in [0, 0.1) is 6.92 Å². The highest BCUT2D eigenvalue weighted by atomic mass is 79.9. The van der Waals surface area contributed by atoms with E-state index in [9.17, 15) is 8.42 Å². The summed E-state index contributed by atoms with van der Waals surface area (Å²) in [6.45, 7) is 7.94. The lowest BCUT2D eigenvalue weighted by molar-refractivity contribution is 0.420. The highest BCUT2D eigenvalue weighted by Gasteiger charge is 2.38. The molecule has 1 aromatic rings. The van der Waals surface area contributed by atoms with Gasteiger partial charge in [-0.25, -0.2) is 8.42 Å². The van der Waals surface area contributed by atoms with Gasteiger partial charge in [-0.05, 0) is 59.4 Å². The molecule has 0 saturated heterocycles. The van der Waals surface area contributed by atoms with Gasteiger partial charge < -0.3 is 5.32 Å². The first-order valence-electron chi connectivity index (χ1n) is 7.43. The van der Waals surface area contributed by atoms with Crippen LogP contribution in [0.2, 0.25) is 0 Å². The van der Waals surface area contributed by atoms with Gasteiger partial charge in [0.2, 0.25) is 10.0 Å². The van der Waals surface area contributed by atoms with Crippen LogP contribution in [-0.2, 0) is 16.6 Å². The number of sulfonamides is 1. The highest BCUT2D eigenvalue weighted by Crippen LogP contribution is 2.35. The lowest BCUT2D eigenvalue weighted by Gasteiger charge is -2.22. The zero-order valence-electron chi connectivity index (χ0n) is 12.8. The fourth-order valence-electron chi connectivity index (χ4n) is 2.48. The van der Waals surface area contributed by atoms with Gasteiger partial charge >= 0.3 is 0 Å². The first-order valence-corrected chi connectivity index (χ1v) is 9.66. The number of rotatable bonds is 7. The molecular formula is C15H23BrN2O2S. The number of hydrogen-bond acceptors (Lipinski definition) is 3. The molecule has 4 nitrogen and oxygen atoms in total. The van der Waals surface area contributed by atoms with Crippen molar-refractivity contribution in [1.82, 2.24) is 9.62 Å². The van der Waals surface area contributed by atoms with Crippen LogP contribution < -0.4 is 5.32 Å². The highest BCUT2D eigenvalue weighted by molar-refractivity contribution is 9.10. The van der Waals surface area contributed by atoms with Gasteiger partial charge in [0.25, 0.3) is 0 Å². The fourth-order valence-corrected chi connectivity index (χ4v) is 5.21. The molecule has 0 radical (unpaired) electrons. The van der Waals surface area contributed by atoms with Crippen LogP contribution in [0.5, 0.6) is 0 Å². The number of halogens is 1. The third-order valence-electron chi connectivity index (χ3n) is 3.71. The predicted octanol–water partition coefficient (Wildman–Crippen LogP) is 3.04. The minimum absolute atomic E-state index is 0.185. The topological polar surface area (TPSA) is 49.4 Å². The largest absolute Gasteiger partial charge is 0.313 e. The molecule has 1 N–H and O–H groups in total. The number of nitrogens with one attached hydrogen (secondary N) is 1. The quantitative estimate of drug-likeness (QED) is 0.797. The second kappa shape index (κ2) is 6.77. The van der Waals surface area contributed by atoms with Crippen molar-refractivity contribution in [2.24, 2.45) is 0 Å². The molecule has 0 atom stereocenters. The number of benzene rings is 1. The standard InChI is InChI=1S/C15H23BrN2O2S/c1-4-17-10-12-8-11(3)15(16)14(9-12)21(19,20)18(5-2)13-6-7-13/h8-9,13,17H,4-7,10H2,1-3H3. The van der Waals surface area contributed by atoms with E-state index in [0.717, 1.165) is 30.5 Å². The maximum atomic E-state index is 12.9. The van der Waals surface area contributed by atoms with Gasteiger partial charge in [0.15, 0.2) is 0 Å². The summed E-state index contributed by atoms with van der Waals surface area (Å²) in [7, 11) is -3.43. The van der Waals surface area contributed by atoms with E-state index in [1.165, 1.54) is 0 Å². The summed E-state index contributed by atoms with van der Waals surface area (Å²) in [5.41, 5.74) is 1.96. The Morgan fingerprint density at radius 3 is 2.52 bits per heavy atom. The summed E-state index contributed by atoms with van der Waals surface area (Å²) in [5.74, 6) is 0. The van der Waals surface area contributed by atoms with Gasteiger partial charge in [-0.3, -0.25) is 0 Å². The Labute approximate surface area is 136 Å². The van der Waals surface area contributed by atoms with Crippen LogP contribution in [0.3, 0.4) is 0 Å². The van der Waals surface area contributed by atoms with Gasteiger partial charge in [0.1, 0.15) is 0 Å². The third kappa shape index (κ3) is 3.67. The van der Waals surface area contributed by atoms with Crippen molar-refractivity contribution in [3.63, 3.8) is 0 Å². The van der Waals surface area contributed by atoms with Crippen molar-refractivity contribution < 1.29 is 8.42 Å². The van der Waals surface area contributed by atoms with Gasteiger partial charge in [0, 0.05) is 23.6 Å². The van der Waals surface area contributed by atoms with Crippen LogP contribution in [-0.4, -0.2) is 31.9 Å². The summed E-state index contributed by atoms with van der Waals surface area (Å²) in [6.07, 6.45) is 1.95. The Bertz CT molecular complexity index is 612. The summed E-state index contributed by atoms with van der Waals surface area (Å²) >= 11 is 3.46. The predicted molar refractivity (Wildman–Crippen MR) is 88.8 cm³/mol. The molecule has 1 saturated carbocycles. The average molecular weight is 375 g/mol. The zero-order valence-corrected chi connectivity index (χ0v) is 15.2. The maximum absolute atomic E-state index is 12.9. The molecule has 21 heavy (non-hydrogen) atoms. The van der Waals surface area contributed by atoms with E-state index in [0.29, 0.717) is 22.5 Å². The van der Waals surface area contributed by atoms with E-state index in [1.807, 2.05) is 26.8 Å². The van der Waals surface area contributed by atoms with Gasteiger partial charge in [-0.2, -0.15) is 4.31 Å². The molecule has 1 fully saturated rings. The van der Waals surface area contributed by atoms with Crippen LogP contribution in [0.4, 0.5) is 0 Å². The van der Waals surface area contributed by atoms with Gasteiger partial charge in [-0.15, -0.1) is 0 Å². The summed E-state index contributed by atoms with van der Waals surface area (Å²) in [4.78, 5) is 0.393. The SMILES string of the molecule is CCNCc1cc(C)c(Br)c(S(=O)(=O)N(CC)C2CC2)c1. The number of hydrogen-bond donors (Lipinski definition) is 1. The monoisotopic (exact) mass is 374 g/mol. The molecule has 1 aromatic carbocycles. The van der Waals surface area contributed by atoms with E-state index in [4.69, 9.17) is 0 Å². The molecule has 0 aliphatic heterocycles. The van der Waals surface area contributed by atoms with E-state index in [-0.39, 0.29) is 6.04 Å². The van der Waals surface area contributed by atoms with Crippen molar-refractivity contribution in [3.8, 4) is 0 Å². The van der Waals surface area contributed by atoms with Crippen molar-refractivity contribution in [1.29, 1.82) is 0 Å². The summed E-state index contributed by atoms with van der Waals surface area (Å²) in [6, 6.07) is 4.00. The van der Waals surface area contributed by atoms with E-state index >= 15 is 0 Å². The second-order valence-corrected chi connectivity index (χ2v) is 8.10. The Morgan fingerprint density at radius 1 is 1.33 bits per heavy atom. The smallest absolute Gasteiger partial charge is 0.244 e. The molecule has 0 spiro atoms. The normalized spacial score (nSPS) is 15.7. The van der Waals surface area contributed by atoms with Crippen molar-refractivity contribution in [3.05, 3.63) is 27.7 Å². The Kier molecular flexibility index (Phi) is 5.46. The van der Waals surface area contributed by atoms with Crippen LogP contribution in [0.1, 0.15) is 37.8 Å². The summed E-state index contributed by atoms with van der Waals surface area (Å²) in [5, 5.41) is 3.24. The van der Waals surface area contributed by atoms with Crippen molar-refractivity contribution >= 4 is 26.0 Å². The zero-order chi connectivity index (χ0) is 15.6. The lowest BCUT2D eigenvalue weighted by atomic mass is 10.1. The minimum atomic E-state index is -3.43. The first-order chi connectivity index (χ1) is 9.91. The summed E-state index contributed by atoms with van der Waals surface area (Å²) < 4.78 is 28.1. The molecule has 1 aliphatic carbocycles. The molecule has 0 aromatic heterocycles. The Balaban J connectivity index is 2.43. The van der Waals surface area contributed by atoms with E-state index in [1.54, 1.807) is 10.4 Å². The van der Waals surface area contributed by atoms with E-state index < -0.39 is 10.0 Å². The molecule has 1 aliphatic rings. The second-order valence-electron chi connectivity index (χ2n) is 5.44. The Hall–Kier alpha value is -0.430. The van der Waals surface area contributed by atoms with E-state index in [2.05, 4.69) is 21.2 Å². The maximum Gasteiger partial charge on any atom is 0.244 e. The first kappa shape index (κ1) is 16.9. The van der Waals surface area contributed by atoms with Crippen LogP contribution >= 0.6 is 15.9 Å². The Morgan fingerprint density at radius 2 is 2.00 bits per heavy atom. The molecule has 2 rings (SSSR count). The van der Waals surface area contributed by atoms with Gasteiger partial charge in [0.05, 0.1) is 4.90 Å². The minimum Gasteiger partial charge on any atom is -0.313 e. The molecule has 0 heterocycles. The van der Waals surface area contributed by atoms with Crippen LogP contribution in [0.15, 0.2) is 21.5 Å². The number of aryl methyl sites for hydroxylation is 1. The molecule has 6 heteroatoms. The van der Waals surface area contributed by atoms with Crippen LogP contribution in [0.25, 0.3) is 0 Å². The molecule has 118 valence electrons. The number of nitrogens with zero attached hydrogens (tertiary/aromatic N) is 1. The lowest BCUT2D eigenvalue weighted by Crippen LogP contribution is -2.33. The third-order valence-corrected chi connectivity index (χ3v) is 7.08. The molecular weight excluding hydrogens is 352 g/mol. The molecule has 0 bridgehead atoms. The van der Waals surface area contributed by atoms with Gasteiger partial charge in [-0.1, -0.05) is 19.9 Å². The average Bonchev–Trinajstić information content (AvgIpc) is 3.24. The fraction of sp³-hybridized carbons (Fsp3) is 0.600. The van der Waals surface area contributed by atoms with Crippen molar-refractivity contribution in [2.45, 2.75) is 51.1 Å². The van der Waals surface area contributed by atoms with Crippen molar-refractivity contribution in [2.75, 3.05) is 13.1 Å². The molecule has 0 amide bonds. The molecule has 0 unspecified atom stereocenters.